The summed E-state index contributed by atoms with van der Waals surface area (Å²) in [4.78, 5) is 23.0. The number of carbonyl (C=O) groups is 2. The Bertz CT molecular complexity index is 515. The number of amides is 1. The number of aliphatic carboxylic acids is 1. The molecule has 20 heavy (non-hydrogen) atoms. The molecule has 0 spiro atoms. The van der Waals surface area contributed by atoms with Crippen molar-refractivity contribution in [1.82, 2.24) is 4.90 Å². The van der Waals surface area contributed by atoms with Crippen LogP contribution in [-0.4, -0.2) is 34.1 Å². The monoisotopic (exact) mass is 287 g/mol. The summed E-state index contributed by atoms with van der Waals surface area (Å²) in [6.07, 6.45) is -4.87. The molecule has 2 rings (SSSR count). The van der Waals surface area contributed by atoms with Crippen LogP contribution in [0.3, 0.4) is 0 Å². The lowest BCUT2D eigenvalue weighted by Gasteiger charge is -2.29. The lowest BCUT2D eigenvalue weighted by atomic mass is 10.0. The number of alkyl halides is 3. The van der Waals surface area contributed by atoms with Gasteiger partial charge in [-0.05, 0) is 18.4 Å². The molecule has 2 atom stereocenters. The summed E-state index contributed by atoms with van der Waals surface area (Å²) in [5.41, 5.74) is 0.508. The van der Waals surface area contributed by atoms with Gasteiger partial charge in [0.05, 0.1) is 6.04 Å². The van der Waals surface area contributed by atoms with Crippen molar-refractivity contribution >= 4 is 11.9 Å². The number of likely N-dealkylation sites (tertiary alicyclic amines) is 1. The Morgan fingerprint density at radius 3 is 2.25 bits per heavy atom. The van der Waals surface area contributed by atoms with Crippen LogP contribution in [0, 0.1) is 0 Å². The van der Waals surface area contributed by atoms with E-state index in [1.54, 1.807) is 30.3 Å². The van der Waals surface area contributed by atoms with Gasteiger partial charge in [-0.15, -0.1) is 0 Å². The Kier molecular flexibility index (Phi) is 3.69. The third-order valence-corrected chi connectivity index (χ3v) is 3.33. The highest BCUT2D eigenvalue weighted by Gasteiger charge is 2.51. The van der Waals surface area contributed by atoms with Crippen LogP contribution < -0.4 is 0 Å². The highest BCUT2D eigenvalue weighted by Crippen LogP contribution is 2.38. The summed E-state index contributed by atoms with van der Waals surface area (Å²) in [6.45, 7) is 0. The molecule has 108 valence electrons. The second-order valence-electron chi connectivity index (χ2n) is 4.57. The molecule has 1 saturated heterocycles. The van der Waals surface area contributed by atoms with Crippen LogP contribution in [0.1, 0.15) is 24.4 Å². The van der Waals surface area contributed by atoms with E-state index in [0.717, 1.165) is 0 Å². The fourth-order valence-corrected chi connectivity index (χ4v) is 2.49. The van der Waals surface area contributed by atoms with Gasteiger partial charge in [-0.2, -0.15) is 13.2 Å². The summed E-state index contributed by atoms with van der Waals surface area (Å²) in [5.74, 6) is -3.52. The number of nitrogens with zero attached hydrogens (tertiary/aromatic N) is 1. The molecule has 0 unspecified atom stereocenters. The SMILES string of the molecule is O=C(O)[C@@H]1CC[C@H](c2ccccc2)N1C(=O)C(F)(F)F. The van der Waals surface area contributed by atoms with Gasteiger partial charge in [0.2, 0.25) is 0 Å². The van der Waals surface area contributed by atoms with E-state index in [0.29, 0.717) is 10.5 Å². The first-order valence-corrected chi connectivity index (χ1v) is 5.99. The number of rotatable bonds is 2. The van der Waals surface area contributed by atoms with Gasteiger partial charge in [-0.1, -0.05) is 30.3 Å². The smallest absolute Gasteiger partial charge is 0.471 e. The minimum atomic E-state index is -5.08. The van der Waals surface area contributed by atoms with Crippen molar-refractivity contribution in [2.45, 2.75) is 31.1 Å². The van der Waals surface area contributed by atoms with Crippen LogP contribution in [0.5, 0.6) is 0 Å². The number of hydrogen-bond donors (Lipinski definition) is 1. The second kappa shape index (κ2) is 5.15. The van der Waals surface area contributed by atoms with E-state index >= 15 is 0 Å². The highest BCUT2D eigenvalue weighted by molar-refractivity contribution is 5.88. The Morgan fingerprint density at radius 1 is 1.15 bits per heavy atom. The zero-order valence-electron chi connectivity index (χ0n) is 10.3. The van der Waals surface area contributed by atoms with Crippen molar-refractivity contribution in [2.24, 2.45) is 0 Å². The molecule has 1 fully saturated rings. The molecule has 1 aromatic carbocycles. The van der Waals surface area contributed by atoms with E-state index in [4.69, 9.17) is 5.11 Å². The van der Waals surface area contributed by atoms with E-state index < -0.39 is 30.1 Å². The number of benzene rings is 1. The molecule has 1 aliphatic heterocycles. The first kappa shape index (κ1) is 14.4. The average Bonchev–Trinajstić information content (AvgIpc) is 2.82. The predicted octanol–water partition coefficient (Wildman–Crippen LogP) is 2.37. The largest absolute Gasteiger partial charge is 0.480 e. The van der Waals surface area contributed by atoms with Gasteiger partial charge in [-0.25, -0.2) is 4.79 Å². The molecule has 0 aromatic heterocycles. The third kappa shape index (κ3) is 2.61. The number of hydrogen-bond acceptors (Lipinski definition) is 2. The van der Waals surface area contributed by atoms with Crippen molar-refractivity contribution in [1.29, 1.82) is 0 Å². The van der Waals surface area contributed by atoms with Crippen molar-refractivity contribution in [2.75, 3.05) is 0 Å². The molecule has 1 N–H and O–H groups in total. The third-order valence-electron chi connectivity index (χ3n) is 3.33. The van der Waals surface area contributed by atoms with Crippen LogP contribution >= 0.6 is 0 Å². The topological polar surface area (TPSA) is 57.6 Å². The van der Waals surface area contributed by atoms with Crippen molar-refractivity contribution in [3.8, 4) is 0 Å². The fraction of sp³-hybridized carbons (Fsp3) is 0.385. The molecule has 1 heterocycles. The predicted molar refractivity (Wildman–Crippen MR) is 62.7 cm³/mol. The Labute approximate surface area is 112 Å². The van der Waals surface area contributed by atoms with Gasteiger partial charge < -0.3 is 10.0 Å². The van der Waals surface area contributed by atoms with Crippen LogP contribution in [0.15, 0.2) is 30.3 Å². The van der Waals surface area contributed by atoms with E-state index in [-0.39, 0.29) is 12.8 Å². The summed E-state index contributed by atoms with van der Waals surface area (Å²) in [6, 6.07) is 5.86. The van der Waals surface area contributed by atoms with Crippen molar-refractivity contribution in [3.05, 3.63) is 35.9 Å². The molecule has 0 radical (unpaired) electrons. The quantitative estimate of drug-likeness (QED) is 0.908. The van der Waals surface area contributed by atoms with E-state index in [2.05, 4.69) is 0 Å². The van der Waals surface area contributed by atoms with Gasteiger partial charge in [0.15, 0.2) is 0 Å². The first-order chi connectivity index (χ1) is 9.32. The molecule has 7 heteroatoms. The summed E-state index contributed by atoms with van der Waals surface area (Å²) >= 11 is 0. The summed E-state index contributed by atoms with van der Waals surface area (Å²) in [5, 5.41) is 9.00. The second-order valence-corrected chi connectivity index (χ2v) is 4.57. The van der Waals surface area contributed by atoms with Gasteiger partial charge >= 0.3 is 18.1 Å². The Morgan fingerprint density at radius 2 is 1.75 bits per heavy atom. The zero-order valence-corrected chi connectivity index (χ0v) is 10.3. The molecular weight excluding hydrogens is 275 g/mol. The van der Waals surface area contributed by atoms with Crippen molar-refractivity contribution in [3.63, 3.8) is 0 Å². The highest BCUT2D eigenvalue weighted by atomic mass is 19.4. The minimum Gasteiger partial charge on any atom is -0.480 e. The van der Waals surface area contributed by atoms with E-state index in [1.165, 1.54) is 0 Å². The molecule has 1 aromatic rings. The van der Waals surface area contributed by atoms with Crippen LogP contribution in [0.4, 0.5) is 13.2 Å². The number of carboxylic acids is 1. The van der Waals surface area contributed by atoms with Gasteiger partial charge in [0.25, 0.3) is 0 Å². The Hall–Kier alpha value is -2.05. The van der Waals surface area contributed by atoms with Crippen LogP contribution in [0.25, 0.3) is 0 Å². The normalized spacial score (nSPS) is 22.9. The van der Waals surface area contributed by atoms with E-state index in [9.17, 15) is 22.8 Å². The molecule has 0 bridgehead atoms. The van der Waals surface area contributed by atoms with Gasteiger partial charge in [-0.3, -0.25) is 4.79 Å². The molecular formula is C13H12F3NO3. The number of halogens is 3. The standard InChI is InChI=1S/C13H12F3NO3/c14-13(15,16)12(20)17-9(6-7-10(17)11(18)19)8-4-2-1-3-5-8/h1-5,9-10H,6-7H2,(H,18,19)/t9-,10+/m1/s1. The summed E-state index contributed by atoms with van der Waals surface area (Å²) < 4.78 is 37.9. The van der Waals surface area contributed by atoms with Gasteiger partial charge in [0, 0.05) is 0 Å². The maximum atomic E-state index is 12.6. The molecule has 0 aliphatic carbocycles. The van der Waals surface area contributed by atoms with Crippen LogP contribution in [-0.2, 0) is 9.59 Å². The molecule has 4 nitrogen and oxygen atoms in total. The maximum Gasteiger partial charge on any atom is 0.471 e. The van der Waals surface area contributed by atoms with E-state index in [1.807, 2.05) is 0 Å². The van der Waals surface area contributed by atoms with Crippen LogP contribution in [0.2, 0.25) is 0 Å². The van der Waals surface area contributed by atoms with Crippen molar-refractivity contribution < 1.29 is 27.9 Å². The number of carbonyl (C=O) groups excluding carboxylic acids is 1. The number of carboxylic acid groups (broad SMARTS) is 1. The lowest BCUT2D eigenvalue weighted by Crippen LogP contribution is -2.47. The first-order valence-electron chi connectivity index (χ1n) is 5.99. The Balaban J connectivity index is 2.38. The minimum absolute atomic E-state index is 0.0106. The average molecular weight is 287 g/mol. The van der Waals surface area contributed by atoms with Gasteiger partial charge in [0.1, 0.15) is 6.04 Å². The fourth-order valence-electron chi connectivity index (χ4n) is 2.49. The lowest BCUT2D eigenvalue weighted by molar-refractivity contribution is -0.190. The maximum absolute atomic E-state index is 12.6. The summed E-state index contributed by atoms with van der Waals surface area (Å²) in [7, 11) is 0. The molecule has 1 amide bonds. The zero-order chi connectivity index (χ0) is 14.9. The molecule has 0 saturated carbocycles. The molecule has 1 aliphatic rings.